The van der Waals surface area contributed by atoms with Crippen LogP contribution in [0.25, 0.3) is 0 Å². The van der Waals surface area contributed by atoms with Gasteiger partial charge in [-0.25, -0.2) is 0 Å². The lowest BCUT2D eigenvalue weighted by molar-refractivity contribution is 0.584. The number of halogens is 2. The Morgan fingerprint density at radius 3 is 1.24 bits per heavy atom. The van der Waals surface area contributed by atoms with Crippen molar-refractivity contribution in [1.29, 1.82) is 0 Å². The molecule has 0 fully saturated rings. The van der Waals surface area contributed by atoms with Crippen LogP contribution in [0.5, 0.6) is 0 Å². The predicted octanol–water partition coefficient (Wildman–Crippen LogP) is 9.27. The lowest BCUT2D eigenvalue weighted by Gasteiger charge is -2.01. The van der Waals surface area contributed by atoms with Gasteiger partial charge in [0.1, 0.15) is 0 Å². The van der Waals surface area contributed by atoms with Crippen molar-refractivity contribution in [2.24, 2.45) is 0 Å². The molecule has 0 nitrogen and oxygen atoms in total. The van der Waals surface area contributed by atoms with Gasteiger partial charge in [0.2, 0.25) is 11.7 Å². The van der Waals surface area contributed by atoms with E-state index in [9.17, 15) is 8.78 Å². The summed E-state index contributed by atoms with van der Waals surface area (Å²) >= 11 is 0. The van der Waals surface area contributed by atoms with E-state index in [1.807, 2.05) is 48.5 Å². The molecule has 0 heterocycles. The van der Waals surface area contributed by atoms with Gasteiger partial charge in [-0.3, -0.25) is 0 Å². The zero-order valence-corrected chi connectivity index (χ0v) is 20.9. The van der Waals surface area contributed by atoms with Gasteiger partial charge in [-0.1, -0.05) is 101 Å². The standard InChI is InChI=1S/C32H38F2/c1-3-5-7-9-11-13-27-15-19-29(20-16-27)23-25-31(33)32(34)26-24-30-21-17-28(18-22-30)14-12-10-8-6-4-2/h15-22H,3-14H2,1-2H3/b32-31+. The minimum Gasteiger partial charge on any atom is -0.193 e. The van der Waals surface area contributed by atoms with Crippen molar-refractivity contribution in [3.63, 3.8) is 0 Å². The highest BCUT2D eigenvalue weighted by Crippen LogP contribution is 2.13. The first-order valence-corrected chi connectivity index (χ1v) is 12.9. The zero-order chi connectivity index (χ0) is 24.4. The summed E-state index contributed by atoms with van der Waals surface area (Å²) in [5, 5.41) is 0. The highest BCUT2D eigenvalue weighted by molar-refractivity contribution is 5.45. The van der Waals surface area contributed by atoms with Crippen LogP contribution in [-0.4, -0.2) is 0 Å². The number of aryl methyl sites for hydroxylation is 2. The minimum atomic E-state index is -1.13. The molecule has 2 aromatic rings. The smallest absolute Gasteiger partial charge is 0.193 e. The fraction of sp³-hybridized carbons (Fsp3) is 0.438. The topological polar surface area (TPSA) is 0 Å². The van der Waals surface area contributed by atoms with E-state index in [-0.39, 0.29) is 0 Å². The molecule has 2 aromatic carbocycles. The Morgan fingerprint density at radius 1 is 0.529 bits per heavy atom. The highest BCUT2D eigenvalue weighted by Gasteiger charge is 2.00. The first-order valence-electron chi connectivity index (χ1n) is 12.9. The number of unbranched alkanes of at least 4 members (excludes halogenated alkanes) is 8. The molecule has 0 aliphatic rings. The third-order valence-electron chi connectivity index (χ3n) is 5.87. The molecule has 0 saturated carbocycles. The second-order valence-electron chi connectivity index (χ2n) is 8.85. The first kappa shape index (κ1) is 27.4. The zero-order valence-electron chi connectivity index (χ0n) is 20.9. The summed E-state index contributed by atoms with van der Waals surface area (Å²) < 4.78 is 28.1. The molecule has 0 N–H and O–H groups in total. The van der Waals surface area contributed by atoms with Gasteiger partial charge in [0.25, 0.3) is 0 Å². The second kappa shape index (κ2) is 16.7. The van der Waals surface area contributed by atoms with E-state index in [1.165, 1.54) is 75.3 Å². The molecule has 0 spiro atoms. The third kappa shape index (κ3) is 11.3. The quantitative estimate of drug-likeness (QED) is 0.219. The fourth-order valence-corrected chi connectivity index (χ4v) is 3.74. The van der Waals surface area contributed by atoms with E-state index in [0.717, 1.165) is 12.8 Å². The van der Waals surface area contributed by atoms with E-state index in [4.69, 9.17) is 0 Å². The average Bonchev–Trinajstić information content (AvgIpc) is 2.87. The third-order valence-corrected chi connectivity index (χ3v) is 5.87. The van der Waals surface area contributed by atoms with Crippen molar-refractivity contribution in [3.05, 3.63) is 82.4 Å². The number of hydrogen-bond donors (Lipinski definition) is 0. The summed E-state index contributed by atoms with van der Waals surface area (Å²) in [5.74, 6) is 7.62. The van der Waals surface area contributed by atoms with Gasteiger partial charge in [0.05, 0.1) is 0 Å². The molecule has 0 atom stereocenters. The van der Waals surface area contributed by atoms with E-state index in [0.29, 0.717) is 11.1 Å². The maximum Gasteiger partial charge on any atom is 0.217 e. The Morgan fingerprint density at radius 2 is 0.882 bits per heavy atom. The van der Waals surface area contributed by atoms with Crippen LogP contribution in [0, 0.1) is 23.7 Å². The maximum absolute atomic E-state index is 14.1. The van der Waals surface area contributed by atoms with Crippen LogP contribution in [0.4, 0.5) is 8.78 Å². The van der Waals surface area contributed by atoms with Crippen molar-refractivity contribution >= 4 is 0 Å². The molecule has 2 heteroatoms. The highest BCUT2D eigenvalue weighted by atomic mass is 19.2. The molecule has 0 unspecified atom stereocenters. The summed E-state index contributed by atoms with van der Waals surface area (Å²) in [6.45, 7) is 4.43. The minimum absolute atomic E-state index is 0.663. The Labute approximate surface area is 205 Å². The summed E-state index contributed by atoms with van der Waals surface area (Å²) in [7, 11) is 0. The summed E-state index contributed by atoms with van der Waals surface area (Å²) in [5.41, 5.74) is 3.82. The Hall–Kier alpha value is -2.84. The Balaban J connectivity index is 1.86. The molecule has 0 bridgehead atoms. The van der Waals surface area contributed by atoms with Gasteiger partial charge >= 0.3 is 0 Å². The first-order chi connectivity index (χ1) is 16.6. The summed E-state index contributed by atoms with van der Waals surface area (Å²) in [4.78, 5) is 0. The SMILES string of the molecule is CCCCCCCc1ccc(C#C/C(F)=C(\F)C#Cc2ccc(CCCCCCC)cc2)cc1. The number of hydrogen-bond acceptors (Lipinski definition) is 0. The van der Waals surface area contributed by atoms with Gasteiger partial charge in [-0.15, -0.1) is 0 Å². The van der Waals surface area contributed by atoms with Gasteiger partial charge in [0.15, 0.2) is 0 Å². The van der Waals surface area contributed by atoms with Crippen LogP contribution in [0.3, 0.4) is 0 Å². The molecule has 0 aliphatic heterocycles. The van der Waals surface area contributed by atoms with E-state index >= 15 is 0 Å². The number of rotatable bonds is 12. The molecule has 0 saturated heterocycles. The maximum atomic E-state index is 14.1. The van der Waals surface area contributed by atoms with Crippen molar-refractivity contribution < 1.29 is 8.78 Å². The molecular weight excluding hydrogens is 422 g/mol. The van der Waals surface area contributed by atoms with Crippen molar-refractivity contribution in [2.75, 3.05) is 0 Å². The predicted molar refractivity (Wildman–Crippen MR) is 141 cm³/mol. The average molecular weight is 461 g/mol. The van der Waals surface area contributed by atoms with Gasteiger partial charge in [0, 0.05) is 11.1 Å². The molecule has 34 heavy (non-hydrogen) atoms. The van der Waals surface area contributed by atoms with E-state index in [2.05, 4.69) is 37.5 Å². The molecule has 2 rings (SSSR count). The Kier molecular flexibility index (Phi) is 13.5. The van der Waals surface area contributed by atoms with Crippen molar-refractivity contribution in [3.8, 4) is 23.7 Å². The molecule has 0 radical (unpaired) electrons. The second-order valence-corrected chi connectivity index (χ2v) is 8.85. The van der Waals surface area contributed by atoms with Crippen LogP contribution >= 0.6 is 0 Å². The molecule has 0 aromatic heterocycles. The number of benzene rings is 2. The van der Waals surface area contributed by atoms with Gasteiger partial charge < -0.3 is 0 Å². The molecule has 180 valence electrons. The lowest BCUT2D eigenvalue weighted by Crippen LogP contribution is -1.87. The van der Waals surface area contributed by atoms with Gasteiger partial charge in [-0.05, 0) is 72.9 Å². The normalized spacial score (nSPS) is 11.2. The molecular formula is C32H38F2. The summed E-state index contributed by atoms with van der Waals surface area (Å²) in [6.07, 6.45) is 14.6. The van der Waals surface area contributed by atoms with Crippen LogP contribution in [0.1, 0.15) is 100 Å². The van der Waals surface area contributed by atoms with Gasteiger partial charge in [-0.2, -0.15) is 8.78 Å². The summed E-state index contributed by atoms with van der Waals surface area (Å²) in [6, 6.07) is 15.5. The van der Waals surface area contributed by atoms with Crippen LogP contribution in [-0.2, 0) is 12.8 Å². The van der Waals surface area contributed by atoms with Crippen molar-refractivity contribution in [1.82, 2.24) is 0 Å². The Bertz CT molecular complexity index is 906. The monoisotopic (exact) mass is 460 g/mol. The van der Waals surface area contributed by atoms with Crippen LogP contribution < -0.4 is 0 Å². The van der Waals surface area contributed by atoms with E-state index < -0.39 is 11.7 Å². The van der Waals surface area contributed by atoms with Crippen molar-refractivity contribution in [2.45, 2.75) is 90.9 Å². The molecule has 0 aliphatic carbocycles. The largest absolute Gasteiger partial charge is 0.217 e. The number of allylic oxidation sites excluding steroid dienone is 2. The van der Waals surface area contributed by atoms with E-state index in [1.54, 1.807) is 0 Å². The molecule has 0 amide bonds. The fourth-order valence-electron chi connectivity index (χ4n) is 3.74. The van der Waals surface area contributed by atoms with Crippen LogP contribution in [0.15, 0.2) is 60.2 Å². The lowest BCUT2D eigenvalue weighted by atomic mass is 10.0. The van der Waals surface area contributed by atoms with Crippen LogP contribution in [0.2, 0.25) is 0 Å².